The van der Waals surface area contributed by atoms with Crippen molar-refractivity contribution < 1.29 is 24.1 Å². The highest BCUT2D eigenvalue weighted by atomic mass is 32.2. The number of fused-ring (bicyclic) bond motifs is 2. The molecular weight excluding hydrogens is 486 g/mol. The Bertz CT molecular complexity index is 1280. The molecule has 6 nitrogen and oxygen atoms in total. The standard InChI is InChI=1S/C30H33NO5S/c1-18-12-21(35-11-5-10-34-3)13-19(2)30(18)24-7-4-6-23-22(24)8-9-26(23)36-28-15-27-25(16-31-28)20(17-37-27)14-29(32)33/h4,6-7,12-13,15-16,20,26H,5,8-11,14,17H2,1-3H3,(H,32,33). The average molecular weight is 520 g/mol. The van der Waals surface area contributed by atoms with E-state index in [9.17, 15) is 9.90 Å². The van der Waals surface area contributed by atoms with Gasteiger partial charge in [-0.05, 0) is 77.8 Å². The van der Waals surface area contributed by atoms with E-state index >= 15 is 0 Å². The van der Waals surface area contributed by atoms with Crippen LogP contribution in [0, 0.1) is 13.8 Å². The van der Waals surface area contributed by atoms with Gasteiger partial charge in [-0.25, -0.2) is 4.98 Å². The summed E-state index contributed by atoms with van der Waals surface area (Å²) in [4.78, 5) is 16.8. The number of carbonyl (C=O) groups is 1. The highest BCUT2D eigenvalue weighted by Gasteiger charge is 2.30. The summed E-state index contributed by atoms with van der Waals surface area (Å²) >= 11 is 1.69. The van der Waals surface area contributed by atoms with Gasteiger partial charge in [0, 0.05) is 49.0 Å². The molecule has 1 aromatic heterocycles. The molecule has 7 heteroatoms. The number of aryl methyl sites for hydroxylation is 2. The minimum Gasteiger partial charge on any atom is -0.493 e. The number of hydrogen-bond donors (Lipinski definition) is 1. The molecule has 2 aromatic carbocycles. The molecule has 2 heterocycles. The van der Waals surface area contributed by atoms with Crippen LogP contribution in [-0.4, -0.2) is 42.1 Å². The van der Waals surface area contributed by atoms with Gasteiger partial charge in [0.25, 0.3) is 0 Å². The first-order chi connectivity index (χ1) is 17.9. The van der Waals surface area contributed by atoms with Crippen LogP contribution in [-0.2, 0) is 16.0 Å². The van der Waals surface area contributed by atoms with E-state index in [4.69, 9.17) is 14.2 Å². The topological polar surface area (TPSA) is 77.9 Å². The first-order valence-electron chi connectivity index (χ1n) is 12.8. The Morgan fingerprint density at radius 3 is 2.70 bits per heavy atom. The van der Waals surface area contributed by atoms with Gasteiger partial charge in [-0.2, -0.15) is 0 Å². The van der Waals surface area contributed by atoms with E-state index in [2.05, 4.69) is 49.2 Å². The monoisotopic (exact) mass is 519 g/mol. The van der Waals surface area contributed by atoms with Crippen LogP contribution >= 0.6 is 11.8 Å². The van der Waals surface area contributed by atoms with E-state index in [1.807, 2.05) is 6.07 Å². The largest absolute Gasteiger partial charge is 0.493 e. The number of thioether (sulfide) groups is 1. The molecule has 0 saturated carbocycles. The molecule has 194 valence electrons. The maximum absolute atomic E-state index is 11.2. The quantitative estimate of drug-likeness (QED) is 0.306. The Morgan fingerprint density at radius 1 is 1.14 bits per heavy atom. The highest BCUT2D eigenvalue weighted by molar-refractivity contribution is 7.99. The SMILES string of the molecule is COCCCOc1cc(C)c(-c2cccc3c2CCC3Oc2cc3c(cn2)C(CC(=O)O)CS3)c(C)c1. The average Bonchev–Trinajstić information content (AvgIpc) is 3.45. The van der Waals surface area contributed by atoms with Gasteiger partial charge in [-0.1, -0.05) is 18.2 Å². The lowest BCUT2D eigenvalue weighted by Gasteiger charge is -2.18. The van der Waals surface area contributed by atoms with Crippen LogP contribution in [0.5, 0.6) is 11.6 Å². The number of hydrogen-bond acceptors (Lipinski definition) is 6. The zero-order valence-corrected chi connectivity index (χ0v) is 22.4. The second kappa shape index (κ2) is 11.2. The van der Waals surface area contributed by atoms with Gasteiger partial charge in [0.05, 0.1) is 13.0 Å². The van der Waals surface area contributed by atoms with Crippen LogP contribution in [0.4, 0.5) is 0 Å². The number of benzene rings is 2. The summed E-state index contributed by atoms with van der Waals surface area (Å²) in [6, 6.07) is 12.7. The molecule has 0 radical (unpaired) electrons. The first kappa shape index (κ1) is 25.6. The van der Waals surface area contributed by atoms with Gasteiger partial charge in [0.1, 0.15) is 11.9 Å². The number of aliphatic carboxylic acids is 1. The zero-order valence-electron chi connectivity index (χ0n) is 21.6. The summed E-state index contributed by atoms with van der Waals surface area (Å²) in [6.07, 6.45) is 4.61. The van der Waals surface area contributed by atoms with Crippen LogP contribution in [0.15, 0.2) is 47.5 Å². The second-order valence-electron chi connectivity index (χ2n) is 9.81. The fourth-order valence-corrected chi connectivity index (χ4v) is 6.78. The molecular formula is C30H33NO5S. The summed E-state index contributed by atoms with van der Waals surface area (Å²) in [7, 11) is 1.71. The van der Waals surface area contributed by atoms with Crippen LogP contribution in [0.2, 0.25) is 0 Å². The van der Waals surface area contributed by atoms with Gasteiger partial charge < -0.3 is 19.3 Å². The van der Waals surface area contributed by atoms with E-state index in [-0.39, 0.29) is 18.4 Å². The van der Waals surface area contributed by atoms with Crippen molar-refractivity contribution in [2.75, 3.05) is 26.1 Å². The summed E-state index contributed by atoms with van der Waals surface area (Å²) < 4.78 is 17.5. The first-order valence-corrected chi connectivity index (χ1v) is 13.8. The third kappa shape index (κ3) is 5.48. The van der Waals surface area contributed by atoms with Crippen molar-refractivity contribution in [3.63, 3.8) is 0 Å². The van der Waals surface area contributed by atoms with Crippen molar-refractivity contribution in [2.24, 2.45) is 0 Å². The lowest BCUT2D eigenvalue weighted by Crippen LogP contribution is -2.07. The number of rotatable bonds is 10. The van der Waals surface area contributed by atoms with Crippen molar-refractivity contribution >= 4 is 17.7 Å². The van der Waals surface area contributed by atoms with Crippen molar-refractivity contribution in [2.45, 2.75) is 56.4 Å². The fraction of sp³-hybridized carbons (Fsp3) is 0.400. The fourth-order valence-electron chi connectivity index (χ4n) is 5.53. The number of ether oxygens (including phenoxy) is 3. The Labute approximate surface area is 222 Å². The summed E-state index contributed by atoms with van der Waals surface area (Å²) in [6.45, 7) is 5.63. The molecule has 5 rings (SSSR count). The number of aromatic nitrogens is 1. The zero-order chi connectivity index (χ0) is 25.9. The third-order valence-electron chi connectivity index (χ3n) is 7.19. The molecule has 1 N–H and O–H groups in total. The Hall–Kier alpha value is -3.03. The van der Waals surface area contributed by atoms with Gasteiger partial charge >= 0.3 is 5.97 Å². The van der Waals surface area contributed by atoms with E-state index in [0.29, 0.717) is 19.1 Å². The summed E-state index contributed by atoms with van der Waals surface area (Å²) in [5, 5.41) is 9.18. The predicted octanol–water partition coefficient (Wildman–Crippen LogP) is 6.51. The highest BCUT2D eigenvalue weighted by Crippen LogP contribution is 2.45. The second-order valence-corrected chi connectivity index (χ2v) is 10.9. The Balaban J connectivity index is 1.35. The minimum absolute atomic E-state index is 0.0161. The van der Waals surface area contributed by atoms with Crippen molar-refractivity contribution in [1.29, 1.82) is 0 Å². The maximum atomic E-state index is 11.2. The van der Waals surface area contributed by atoms with E-state index in [0.717, 1.165) is 41.2 Å². The lowest BCUT2D eigenvalue weighted by atomic mass is 9.90. The van der Waals surface area contributed by atoms with Gasteiger partial charge in [-0.15, -0.1) is 11.8 Å². The Kier molecular flexibility index (Phi) is 7.72. The summed E-state index contributed by atoms with van der Waals surface area (Å²) in [5.41, 5.74) is 8.50. The number of nitrogens with zero attached hydrogens (tertiary/aromatic N) is 1. The number of carboxylic acids is 1. The Morgan fingerprint density at radius 2 is 1.95 bits per heavy atom. The smallest absolute Gasteiger partial charge is 0.303 e. The van der Waals surface area contributed by atoms with Crippen molar-refractivity contribution in [3.05, 3.63) is 70.4 Å². The number of methoxy groups -OCH3 is 1. The van der Waals surface area contributed by atoms with Crippen molar-refractivity contribution in [1.82, 2.24) is 4.98 Å². The van der Waals surface area contributed by atoms with Gasteiger partial charge in [0.15, 0.2) is 0 Å². The molecule has 2 unspecified atom stereocenters. The van der Waals surface area contributed by atoms with Crippen LogP contribution in [0.3, 0.4) is 0 Å². The molecule has 2 aliphatic rings. The lowest BCUT2D eigenvalue weighted by molar-refractivity contribution is -0.137. The molecule has 0 saturated heterocycles. The molecule has 1 aliphatic carbocycles. The molecule has 0 fully saturated rings. The van der Waals surface area contributed by atoms with Crippen molar-refractivity contribution in [3.8, 4) is 22.8 Å². The molecule has 1 aliphatic heterocycles. The van der Waals surface area contributed by atoms with Gasteiger partial charge in [0.2, 0.25) is 5.88 Å². The molecule has 37 heavy (non-hydrogen) atoms. The predicted molar refractivity (Wildman–Crippen MR) is 145 cm³/mol. The number of pyridine rings is 1. The third-order valence-corrected chi connectivity index (χ3v) is 8.42. The minimum atomic E-state index is -0.771. The van der Waals surface area contributed by atoms with Crippen LogP contribution in [0.25, 0.3) is 11.1 Å². The van der Waals surface area contributed by atoms with E-state index < -0.39 is 5.97 Å². The van der Waals surface area contributed by atoms with Gasteiger partial charge in [-0.3, -0.25) is 4.79 Å². The number of carboxylic acid groups (broad SMARTS) is 1. The molecule has 2 atom stereocenters. The van der Waals surface area contributed by atoms with E-state index in [1.54, 1.807) is 25.1 Å². The summed E-state index contributed by atoms with van der Waals surface area (Å²) in [5.74, 6) is 1.52. The van der Waals surface area contributed by atoms with Crippen LogP contribution in [0.1, 0.15) is 59.1 Å². The molecule has 3 aromatic rings. The molecule has 0 bridgehead atoms. The molecule has 0 spiro atoms. The van der Waals surface area contributed by atoms with Crippen LogP contribution < -0.4 is 9.47 Å². The maximum Gasteiger partial charge on any atom is 0.303 e. The molecule has 0 amide bonds. The normalized spacial score (nSPS) is 17.9. The van der Waals surface area contributed by atoms with E-state index in [1.165, 1.54) is 33.4 Å².